The molecule has 1 unspecified atom stereocenters. The molecule has 0 radical (unpaired) electrons. The minimum atomic E-state index is 0.194. The van der Waals surface area contributed by atoms with Crippen molar-refractivity contribution in [3.05, 3.63) is 30.3 Å². The summed E-state index contributed by atoms with van der Waals surface area (Å²) in [5, 5.41) is 0.250. The van der Waals surface area contributed by atoms with Gasteiger partial charge < -0.3 is 4.74 Å². The molecule has 0 heterocycles. The number of Topliss-reactive ketones (excluding diaryl/α,β-unsaturated/α-hetero) is 1. The molecule has 3 nitrogen and oxygen atoms in total. The lowest BCUT2D eigenvalue weighted by Gasteiger charge is -2.14. The summed E-state index contributed by atoms with van der Waals surface area (Å²) in [5.74, 6) is 0.194. The van der Waals surface area contributed by atoms with Gasteiger partial charge in [0.1, 0.15) is 5.78 Å². The van der Waals surface area contributed by atoms with Gasteiger partial charge in [-0.15, -0.1) is 11.8 Å². The number of ketones is 1. The van der Waals surface area contributed by atoms with Crippen LogP contribution in [0, 0.1) is 0 Å². The lowest BCUT2D eigenvalue weighted by Crippen LogP contribution is -2.09. The fraction of sp³-hybridized carbons (Fsp3) is 0.429. The first-order chi connectivity index (χ1) is 8.72. The molecule has 0 bridgehead atoms. The zero-order valence-corrected chi connectivity index (χ0v) is 11.3. The van der Waals surface area contributed by atoms with Crippen LogP contribution in [0.2, 0.25) is 0 Å². The van der Waals surface area contributed by atoms with Gasteiger partial charge in [-0.2, -0.15) is 0 Å². The Bertz CT molecular complexity index is 365. The van der Waals surface area contributed by atoms with Crippen molar-refractivity contribution >= 4 is 24.0 Å². The van der Waals surface area contributed by atoms with Crippen molar-refractivity contribution in [2.75, 3.05) is 6.61 Å². The van der Waals surface area contributed by atoms with Crippen LogP contribution in [0.4, 0.5) is 0 Å². The van der Waals surface area contributed by atoms with Crippen LogP contribution in [0.25, 0.3) is 0 Å². The molecule has 98 valence electrons. The average Bonchev–Trinajstić information content (AvgIpc) is 2.35. The highest BCUT2D eigenvalue weighted by atomic mass is 32.2. The maximum Gasteiger partial charge on any atom is 0.293 e. The summed E-state index contributed by atoms with van der Waals surface area (Å²) in [6.07, 6.45) is 2.21. The first-order valence-electron chi connectivity index (χ1n) is 5.98. The highest BCUT2D eigenvalue weighted by molar-refractivity contribution is 8.00. The molecule has 0 N–H and O–H groups in total. The summed E-state index contributed by atoms with van der Waals surface area (Å²) >= 11 is 1.71. The minimum absolute atomic E-state index is 0.194. The monoisotopic (exact) mass is 266 g/mol. The molecule has 0 aliphatic carbocycles. The van der Waals surface area contributed by atoms with Crippen LogP contribution in [0.1, 0.15) is 26.2 Å². The Hall–Kier alpha value is -1.29. The van der Waals surface area contributed by atoms with Crippen molar-refractivity contribution in [1.82, 2.24) is 0 Å². The molecule has 1 aromatic rings. The smallest absolute Gasteiger partial charge is 0.293 e. The molecule has 0 aliphatic rings. The molecular weight excluding hydrogens is 248 g/mol. The Morgan fingerprint density at radius 1 is 1.39 bits per heavy atom. The van der Waals surface area contributed by atoms with Gasteiger partial charge in [0.25, 0.3) is 6.47 Å². The van der Waals surface area contributed by atoms with E-state index in [1.165, 1.54) is 4.90 Å². The summed E-state index contributed by atoms with van der Waals surface area (Å²) < 4.78 is 4.66. The Morgan fingerprint density at radius 2 is 2.11 bits per heavy atom. The maximum absolute atomic E-state index is 11.2. The highest BCUT2D eigenvalue weighted by Gasteiger charge is 2.12. The molecule has 0 spiro atoms. The van der Waals surface area contributed by atoms with E-state index >= 15 is 0 Å². The van der Waals surface area contributed by atoms with E-state index in [9.17, 15) is 9.59 Å². The van der Waals surface area contributed by atoms with Crippen molar-refractivity contribution in [1.29, 1.82) is 0 Å². The molecule has 0 aromatic heterocycles. The number of carbonyl (C=O) groups is 2. The van der Waals surface area contributed by atoms with Crippen molar-refractivity contribution in [3.8, 4) is 0 Å². The van der Waals surface area contributed by atoms with Crippen LogP contribution < -0.4 is 0 Å². The molecular formula is C14H18O3S. The van der Waals surface area contributed by atoms with Gasteiger partial charge in [0, 0.05) is 16.6 Å². The molecule has 18 heavy (non-hydrogen) atoms. The first kappa shape index (κ1) is 14.8. The van der Waals surface area contributed by atoms with E-state index in [0.29, 0.717) is 19.5 Å². The highest BCUT2D eigenvalue weighted by Crippen LogP contribution is 2.28. The predicted molar refractivity (Wildman–Crippen MR) is 72.6 cm³/mol. The normalized spacial score (nSPS) is 11.8. The standard InChI is InChI=1S/C14H18O3S/c1-12(16)10-14(8-5-9-17-11-15)18-13-6-3-2-4-7-13/h2-4,6-7,11,14H,5,8-10H2,1H3. The third kappa shape index (κ3) is 6.45. The van der Waals surface area contributed by atoms with E-state index in [0.717, 1.165) is 12.8 Å². The molecule has 4 heteroatoms. The van der Waals surface area contributed by atoms with Crippen LogP contribution in [-0.4, -0.2) is 24.1 Å². The van der Waals surface area contributed by atoms with Gasteiger partial charge >= 0.3 is 0 Å². The van der Waals surface area contributed by atoms with E-state index in [-0.39, 0.29) is 11.0 Å². The third-order valence-corrected chi connectivity index (χ3v) is 3.70. The van der Waals surface area contributed by atoms with Gasteiger partial charge in [-0.1, -0.05) is 18.2 Å². The summed E-state index contributed by atoms with van der Waals surface area (Å²) in [7, 11) is 0. The summed E-state index contributed by atoms with van der Waals surface area (Å²) in [6, 6.07) is 10.0. The second kappa shape index (κ2) is 8.75. The Balaban J connectivity index is 2.44. The van der Waals surface area contributed by atoms with Crippen molar-refractivity contribution in [3.63, 3.8) is 0 Å². The number of benzene rings is 1. The lowest BCUT2D eigenvalue weighted by molar-refractivity contribution is -0.128. The molecule has 1 atom stereocenters. The van der Waals surface area contributed by atoms with Gasteiger partial charge in [-0.3, -0.25) is 9.59 Å². The van der Waals surface area contributed by atoms with Crippen molar-refractivity contribution < 1.29 is 14.3 Å². The molecule has 0 saturated carbocycles. The Kier molecular flexibility index (Phi) is 7.18. The summed E-state index contributed by atoms with van der Waals surface area (Å²) in [6.45, 7) is 2.50. The van der Waals surface area contributed by atoms with E-state index in [2.05, 4.69) is 4.74 Å². The third-order valence-electron chi connectivity index (χ3n) is 2.42. The van der Waals surface area contributed by atoms with Crippen LogP contribution >= 0.6 is 11.8 Å². The van der Waals surface area contributed by atoms with Crippen LogP contribution in [0.5, 0.6) is 0 Å². The number of hydrogen-bond acceptors (Lipinski definition) is 4. The largest absolute Gasteiger partial charge is 0.468 e. The fourth-order valence-electron chi connectivity index (χ4n) is 1.66. The molecule has 0 amide bonds. The maximum atomic E-state index is 11.2. The molecule has 0 aliphatic heterocycles. The number of rotatable bonds is 9. The molecule has 0 fully saturated rings. The number of hydrogen-bond donors (Lipinski definition) is 0. The topological polar surface area (TPSA) is 43.4 Å². The summed E-state index contributed by atoms with van der Waals surface area (Å²) in [5.41, 5.74) is 0. The van der Waals surface area contributed by atoms with Gasteiger partial charge in [0.2, 0.25) is 0 Å². The lowest BCUT2D eigenvalue weighted by atomic mass is 10.1. The van der Waals surface area contributed by atoms with E-state index in [1.807, 2.05) is 30.3 Å². The Morgan fingerprint density at radius 3 is 2.72 bits per heavy atom. The molecule has 1 rings (SSSR count). The second-order valence-corrected chi connectivity index (χ2v) is 5.44. The van der Waals surface area contributed by atoms with E-state index < -0.39 is 0 Å². The quantitative estimate of drug-likeness (QED) is 0.391. The molecule has 1 aromatic carbocycles. The average molecular weight is 266 g/mol. The number of carbonyl (C=O) groups excluding carboxylic acids is 2. The summed E-state index contributed by atoms with van der Waals surface area (Å²) in [4.78, 5) is 22.4. The predicted octanol–water partition coefficient (Wildman–Crippen LogP) is 3.08. The molecule has 0 saturated heterocycles. The minimum Gasteiger partial charge on any atom is -0.468 e. The van der Waals surface area contributed by atoms with E-state index in [1.54, 1.807) is 18.7 Å². The second-order valence-electron chi connectivity index (χ2n) is 4.07. The van der Waals surface area contributed by atoms with Gasteiger partial charge in [0.05, 0.1) is 6.61 Å². The van der Waals surface area contributed by atoms with Crippen LogP contribution in [-0.2, 0) is 14.3 Å². The Labute approximate surface area is 112 Å². The fourth-order valence-corrected chi connectivity index (χ4v) is 2.96. The van der Waals surface area contributed by atoms with Crippen molar-refractivity contribution in [2.24, 2.45) is 0 Å². The van der Waals surface area contributed by atoms with Crippen molar-refractivity contribution in [2.45, 2.75) is 36.3 Å². The zero-order valence-electron chi connectivity index (χ0n) is 10.5. The van der Waals surface area contributed by atoms with Gasteiger partial charge in [-0.05, 0) is 31.9 Å². The van der Waals surface area contributed by atoms with Gasteiger partial charge in [-0.25, -0.2) is 0 Å². The first-order valence-corrected chi connectivity index (χ1v) is 6.86. The number of thioether (sulfide) groups is 1. The van der Waals surface area contributed by atoms with Gasteiger partial charge in [0.15, 0.2) is 0 Å². The van der Waals surface area contributed by atoms with E-state index in [4.69, 9.17) is 0 Å². The van der Waals surface area contributed by atoms with Crippen LogP contribution in [0.3, 0.4) is 0 Å². The van der Waals surface area contributed by atoms with Crippen LogP contribution in [0.15, 0.2) is 35.2 Å². The number of ether oxygens (including phenoxy) is 1. The zero-order chi connectivity index (χ0) is 13.2. The SMILES string of the molecule is CC(=O)CC(CCCOC=O)Sc1ccccc1.